The zero-order valence-electron chi connectivity index (χ0n) is 7.81. The molecular formula is C9H20O. The Kier molecular flexibility index (Phi) is 3.37. The van der Waals surface area contributed by atoms with Gasteiger partial charge in [-0.25, -0.2) is 0 Å². The van der Waals surface area contributed by atoms with Crippen molar-refractivity contribution in [2.75, 3.05) is 6.61 Å². The van der Waals surface area contributed by atoms with Crippen LogP contribution in [0.3, 0.4) is 0 Å². The lowest BCUT2D eigenvalue weighted by Gasteiger charge is -2.31. The van der Waals surface area contributed by atoms with E-state index in [4.69, 9.17) is 5.11 Å². The number of aliphatic hydroxyl groups is 1. The molecule has 2 unspecified atom stereocenters. The molecule has 1 N–H and O–H groups in total. The Hall–Kier alpha value is -0.0400. The van der Waals surface area contributed by atoms with Crippen LogP contribution in [0.1, 0.15) is 34.6 Å². The maximum absolute atomic E-state index is 8.87. The molecule has 0 saturated carbocycles. The predicted octanol–water partition coefficient (Wildman–Crippen LogP) is 2.30. The molecule has 0 aliphatic rings. The van der Waals surface area contributed by atoms with Gasteiger partial charge in [0.05, 0.1) is 0 Å². The summed E-state index contributed by atoms with van der Waals surface area (Å²) < 4.78 is 0. The smallest absolute Gasteiger partial charge is 0.0459 e. The van der Waals surface area contributed by atoms with Crippen molar-refractivity contribution in [2.24, 2.45) is 17.3 Å². The van der Waals surface area contributed by atoms with Crippen LogP contribution in [0.25, 0.3) is 0 Å². The Labute approximate surface area is 64.5 Å². The quantitative estimate of drug-likeness (QED) is 0.630. The van der Waals surface area contributed by atoms with Crippen LogP contribution in [0.2, 0.25) is 0 Å². The van der Waals surface area contributed by atoms with Gasteiger partial charge in [-0.1, -0.05) is 34.6 Å². The van der Waals surface area contributed by atoms with Crippen LogP contribution in [0.4, 0.5) is 0 Å². The third-order valence-corrected chi connectivity index (χ3v) is 2.51. The Morgan fingerprint density at radius 2 is 1.60 bits per heavy atom. The first-order chi connectivity index (χ1) is 4.39. The van der Waals surface area contributed by atoms with Crippen LogP contribution in [0.5, 0.6) is 0 Å². The number of hydrogen-bond donors (Lipinski definition) is 1. The van der Waals surface area contributed by atoms with Gasteiger partial charge in [0, 0.05) is 6.61 Å². The van der Waals surface area contributed by atoms with Crippen molar-refractivity contribution in [1.29, 1.82) is 0 Å². The molecule has 0 amide bonds. The molecule has 0 spiro atoms. The van der Waals surface area contributed by atoms with Gasteiger partial charge < -0.3 is 5.11 Å². The van der Waals surface area contributed by atoms with Crippen LogP contribution in [-0.4, -0.2) is 11.7 Å². The second-order valence-corrected chi connectivity index (χ2v) is 4.31. The Morgan fingerprint density at radius 1 is 1.20 bits per heavy atom. The van der Waals surface area contributed by atoms with Crippen LogP contribution < -0.4 is 0 Å². The number of rotatable bonds is 2. The molecule has 10 heavy (non-hydrogen) atoms. The normalized spacial score (nSPS) is 18.6. The maximum Gasteiger partial charge on any atom is 0.0459 e. The lowest BCUT2D eigenvalue weighted by atomic mass is 9.75. The zero-order chi connectivity index (χ0) is 8.36. The summed E-state index contributed by atoms with van der Waals surface area (Å²) in [7, 11) is 0. The van der Waals surface area contributed by atoms with Gasteiger partial charge in [-0.3, -0.25) is 0 Å². The summed E-state index contributed by atoms with van der Waals surface area (Å²) >= 11 is 0. The second kappa shape index (κ2) is 3.38. The highest BCUT2D eigenvalue weighted by atomic mass is 16.3. The fraction of sp³-hybridized carbons (Fsp3) is 1.00. The lowest BCUT2D eigenvalue weighted by molar-refractivity contribution is 0.123. The third kappa shape index (κ3) is 2.70. The van der Waals surface area contributed by atoms with E-state index in [-0.39, 0.29) is 0 Å². The monoisotopic (exact) mass is 144 g/mol. The Morgan fingerprint density at radius 3 is 1.70 bits per heavy atom. The zero-order valence-corrected chi connectivity index (χ0v) is 7.81. The first kappa shape index (κ1) is 9.96. The van der Waals surface area contributed by atoms with Gasteiger partial charge in [0.25, 0.3) is 0 Å². The van der Waals surface area contributed by atoms with Gasteiger partial charge in [-0.15, -0.1) is 0 Å². The minimum absolute atomic E-state index is 0.304. The van der Waals surface area contributed by atoms with Crippen LogP contribution in [-0.2, 0) is 0 Å². The molecule has 0 radical (unpaired) electrons. The highest BCUT2D eigenvalue weighted by Crippen LogP contribution is 2.30. The molecule has 0 heterocycles. The molecule has 0 aliphatic heterocycles. The minimum Gasteiger partial charge on any atom is -0.396 e. The van der Waals surface area contributed by atoms with E-state index in [1.54, 1.807) is 0 Å². The fourth-order valence-corrected chi connectivity index (χ4v) is 1.01. The van der Waals surface area contributed by atoms with Gasteiger partial charge in [-0.2, -0.15) is 0 Å². The largest absolute Gasteiger partial charge is 0.396 e. The first-order valence-electron chi connectivity index (χ1n) is 4.00. The summed E-state index contributed by atoms with van der Waals surface area (Å²) in [6, 6.07) is 0. The SMILES string of the molecule is CC(CO)C(C)C(C)(C)C. The molecule has 62 valence electrons. The summed E-state index contributed by atoms with van der Waals surface area (Å²) in [4.78, 5) is 0. The van der Waals surface area contributed by atoms with Gasteiger partial charge in [0.1, 0.15) is 0 Å². The summed E-state index contributed by atoms with van der Waals surface area (Å²) in [5.74, 6) is 0.998. The number of hydrogen-bond acceptors (Lipinski definition) is 1. The summed E-state index contributed by atoms with van der Waals surface area (Å²) in [6.45, 7) is 11.2. The van der Waals surface area contributed by atoms with E-state index in [9.17, 15) is 0 Å². The van der Waals surface area contributed by atoms with E-state index < -0.39 is 0 Å². The van der Waals surface area contributed by atoms with Gasteiger partial charge in [0.2, 0.25) is 0 Å². The van der Waals surface area contributed by atoms with Gasteiger partial charge in [0.15, 0.2) is 0 Å². The van der Waals surface area contributed by atoms with Gasteiger partial charge >= 0.3 is 0 Å². The van der Waals surface area contributed by atoms with E-state index in [1.807, 2.05) is 0 Å². The lowest BCUT2D eigenvalue weighted by Crippen LogP contribution is -2.25. The molecular weight excluding hydrogens is 124 g/mol. The van der Waals surface area contributed by atoms with Crippen LogP contribution in [0, 0.1) is 17.3 Å². The van der Waals surface area contributed by atoms with E-state index >= 15 is 0 Å². The molecule has 0 aromatic heterocycles. The topological polar surface area (TPSA) is 20.2 Å². The highest BCUT2D eigenvalue weighted by Gasteiger charge is 2.24. The molecule has 0 aromatic carbocycles. The third-order valence-electron chi connectivity index (χ3n) is 2.51. The molecule has 1 nitrogen and oxygen atoms in total. The molecule has 0 aliphatic carbocycles. The van der Waals surface area contributed by atoms with Crippen molar-refractivity contribution < 1.29 is 5.11 Å². The average Bonchev–Trinajstić information content (AvgIpc) is 1.83. The summed E-state index contributed by atoms with van der Waals surface area (Å²) in [5.41, 5.74) is 0.322. The molecule has 0 rings (SSSR count). The molecule has 0 fully saturated rings. The van der Waals surface area contributed by atoms with Crippen molar-refractivity contribution in [2.45, 2.75) is 34.6 Å². The van der Waals surface area contributed by atoms with Crippen molar-refractivity contribution >= 4 is 0 Å². The Bertz CT molecular complexity index is 91.4. The average molecular weight is 144 g/mol. The molecule has 0 bridgehead atoms. The van der Waals surface area contributed by atoms with Crippen LogP contribution >= 0.6 is 0 Å². The second-order valence-electron chi connectivity index (χ2n) is 4.31. The van der Waals surface area contributed by atoms with E-state index in [1.165, 1.54) is 0 Å². The first-order valence-corrected chi connectivity index (χ1v) is 4.00. The minimum atomic E-state index is 0.304. The summed E-state index contributed by atoms with van der Waals surface area (Å²) in [5, 5.41) is 8.87. The van der Waals surface area contributed by atoms with Crippen molar-refractivity contribution in [1.82, 2.24) is 0 Å². The van der Waals surface area contributed by atoms with Crippen molar-refractivity contribution in [3.63, 3.8) is 0 Å². The van der Waals surface area contributed by atoms with Crippen molar-refractivity contribution in [3.05, 3.63) is 0 Å². The highest BCUT2D eigenvalue weighted by molar-refractivity contribution is 4.73. The van der Waals surface area contributed by atoms with E-state index in [0.717, 1.165) is 0 Å². The fourth-order valence-electron chi connectivity index (χ4n) is 1.01. The van der Waals surface area contributed by atoms with E-state index in [2.05, 4.69) is 34.6 Å². The van der Waals surface area contributed by atoms with E-state index in [0.29, 0.717) is 23.9 Å². The molecule has 0 aromatic rings. The number of aliphatic hydroxyl groups excluding tert-OH is 1. The molecule has 1 heteroatoms. The summed E-state index contributed by atoms with van der Waals surface area (Å²) in [6.07, 6.45) is 0. The maximum atomic E-state index is 8.87. The van der Waals surface area contributed by atoms with Crippen molar-refractivity contribution in [3.8, 4) is 0 Å². The van der Waals surface area contributed by atoms with Gasteiger partial charge in [-0.05, 0) is 17.3 Å². The van der Waals surface area contributed by atoms with Crippen LogP contribution in [0.15, 0.2) is 0 Å². The standard InChI is InChI=1S/C9H20O/c1-7(6-10)8(2)9(3,4)5/h7-8,10H,6H2,1-5H3. The molecule has 0 saturated heterocycles. The predicted molar refractivity (Wildman–Crippen MR) is 44.9 cm³/mol. The molecule has 2 atom stereocenters. The Balaban J connectivity index is 3.94.